The Balaban J connectivity index is 1.57. The van der Waals surface area contributed by atoms with Crippen molar-refractivity contribution in [3.8, 4) is 0 Å². The van der Waals surface area contributed by atoms with E-state index in [1.807, 2.05) is 13.8 Å². The molecule has 3 aliphatic rings. The summed E-state index contributed by atoms with van der Waals surface area (Å²) >= 11 is 0. The minimum absolute atomic E-state index is 0.0334. The number of nitrogens with one attached hydrogen (secondary N) is 1. The first-order chi connectivity index (χ1) is 13.9. The Morgan fingerprint density at radius 3 is 2.45 bits per heavy atom. The van der Waals surface area contributed by atoms with Gasteiger partial charge in [-0.1, -0.05) is 30.3 Å². The Labute approximate surface area is 172 Å². The number of amides is 3. The highest BCUT2D eigenvalue weighted by atomic mass is 16.3. The summed E-state index contributed by atoms with van der Waals surface area (Å²) in [5.41, 5.74) is 3.38. The van der Waals surface area contributed by atoms with Gasteiger partial charge in [0, 0.05) is 32.0 Å². The van der Waals surface area contributed by atoms with Crippen LogP contribution in [-0.2, 0) is 4.79 Å². The number of rotatable bonds is 4. The highest BCUT2D eigenvalue weighted by molar-refractivity contribution is 5.80. The predicted molar refractivity (Wildman–Crippen MR) is 112 cm³/mol. The van der Waals surface area contributed by atoms with Gasteiger partial charge in [-0.15, -0.1) is 0 Å². The summed E-state index contributed by atoms with van der Waals surface area (Å²) in [6.07, 6.45) is 5.81. The average molecular weight is 398 g/mol. The summed E-state index contributed by atoms with van der Waals surface area (Å²) in [5, 5.41) is 12.9. The lowest BCUT2D eigenvalue weighted by Gasteiger charge is -2.70. The molecule has 2 saturated heterocycles. The lowest BCUT2D eigenvalue weighted by Crippen LogP contribution is -2.86. The van der Waals surface area contributed by atoms with Crippen LogP contribution >= 0.6 is 0 Å². The lowest BCUT2D eigenvalue weighted by molar-refractivity contribution is -0.191. The molecule has 0 aromatic heterocycles. The van der Waals surface area contributed by atoms with Gasteiger partial charge in [0.1, 0.15) is 0 Å². The Bertz CT molecular complexity index is 824. The second-order valence-corrected chi connectivity index (χ2v) is 8.92. The highest BCUT2D eigenvalue weighted by Crippen LogP contribution is 2.54. The molecule has 0 radical (unpaired) electrons. The Morgan fingerprint density at radius 2 is 1.93 bits per heavy atom. The Kier molecular flexibility index (Phi) is 5.15. The molecule has 2 fully saturated rings. The summed E-state index contributed by atoms with van der Waals surface area (Å²) in [7, 11) is 0. The quantitative estimate of drug-likeness (QED) is 0.821. The first-order valence-corrected chi connectivity index (χ1v) is 10.6. The molecule has 1 aliphatic carbocycles. The zero-order valence-electron chi connectivity index (χ0n) is 17.5. The topological polar surface area (TPSA) is 72.9 Å². The van der Waals surface area contributed by atoms with Gasteiger partial charge >= 0.3 is 6.03 Å². The summed E-state index contributed by atoms with van der Waals surface area (Å²) in [6, 6.07) is 8.33. The van der Waals surface area contributed by atoms with Crippen molar-refractivity contribution >= 4 is 17.5 Å². The molecule has 1 spiro atoms. The molecule has 6 nitrogen and oxygen atoms in total. The van der Waals surface area contributed by atoms with E-state index in [1.165, 1.54) is 17.6 Å². The molecular formula is C23H31N3O3. The lowest BCUT2D eigenvalue weighted by atomic mass is 9.60. The van der Waals surface area contributed by atoms with Gasteiger partial charge in [-0.05, 0) is 49.8 Å². The van der Waals surface area contributed by atoms with Crippen LogP contribution < -0.4 is 5.32 Å². The zero-order valence-corrected chi connectivity index (χ0v) is 17.5. The van der Waals surface area contributed by atoms with Crippen molar-refractivity contribution in [1.82, 2.24) is 15.1 Å². The molecule has 3 amide bonds. The number of nitrogens with zero attached hydrogens (tertiary/aromatic N) is 2. The maximum absolute atomic E-state index is 12.4. The van der Waals surface area contributed by atoms with Gasteiger partial charge in [-0.3, -0.25) is 4.79 Å². The van der Waals surface area contributed by atoms with Crippen LogP contribution in [0.1, 0.15) is 57.1 Å². The van der Waals surface area contributed by atoms with Crippen LogP contribution in [0.2, 0.25) is 0 Å². The number of hydrogen-bond acceptors (Lipinski definition) is 3. The van der Waals surface area contributed by atoms with Gasteiger partial charge in [-0.2, -0.15) is 0 Å². The van der Waals surface area contributed by atoms with Crippen molar-refractivity contribution in [1.29, 1.82) is 0 Å². The molecule has 2 heterocycles. The third kappa shape index (κ3) is 3.23. The summed E-state index contributed by atoms with van der Waals surface area (Å²) in [5.74, 6) is -0.0111. The van der Waals surface area contributed by atoms with Crippen LogP contribution in [0.15, 0.2) is 30.3 Å². The molecule has 0 unspecified atom stereocenters. The van der Waals surface area contributed by atoms with E-state index in [9.17, 15) is 14.7 Å². The monoisotopic (exact) mass is 397 g/mol. The van der Waals surface area contributed by atoms with Gasteiger partial charge in [0.2, 0.25) is 5.91 Å². The number of aliphatic hydroxyl groups is 1. The number of allylic oxidation sites excluding steroid dienone is 2. The predicted octanol–water partition coefficient (Wildman–Crippen LogP) is 2.73. The molecule has 156 valence electrons. The number of benzene rings is 1. The average Bonchev–Trinajstić information content (AvgIpc) is 3.14. The molecule has 29 heavy (non-hydrogen) atoms. The second kappa shape index (κ2) is 7.48. The van der Waals surface area contributed by atoms with Crippen molar-refractivity contribution in [3.05, 3.63) is 41.5 Å². The van der Waals surface area contributed by atoms with Crippen LogP contribution in [0.4, 0.5) is 4.79 Å². The SMILES string of the molecule is CC(=O)N1[C@H](CO)[C@H](c2ccc(C3=CCCC3)cc2)C12CN(C(=O)NC(C)C)C2. The van der Waals surface area contributed by atoms with Crippen molar-refractivity contribution in [2.45, 2.75) is 63.6 Å². The summed E-state index contributed by atoms with van der Waals surface area (Å²) in [6.45, 7) is 6.35. The molecule has 0 saturated carbocycles. The third-order valence-electron chi connectivity index (χ3n) is 6.61. The van der Waals surface area contributed by atoms with E-state index >= 15 is 0 Å². The second-order valence-electron chi connectivity index (χ2n) is 8.92. The van der Waals surface area contributed by atoms with Crippen LogP contribution in [-0.4, -0.2) is 64.2 Å². The van der Waals surface area contributed by atoms with Gasteiger partial charge in [0.05, 0.1) is 18.2 Å². The van der Waals surface area contributed by atoms with Gasteiger partial charge in [-0.25, -0.2) is 4.79 Å². The Hall–Kier alpha value is -2.34. The smallest absolute Gasteiger partial charge is 0.317 e. The van der Waals surface area contributed by atoms with E-state index in [0.717, 1.165) is 18.4 Å². The van der Waals surface area contributed by atoms with E-state index in [2.05, 4.69) is 35.7 Å². The molecule has 2 N–H and O–H groups in total. The fourth-order valence-electron chi connectivity index (χ4n) is 5.45. The van der Waals surface area contributed by atoms with Crippen molar-refractivity contribution in [2.75, 3.05) is 19.7 Å². The van der Waals surface area contributed by atoms with Crippen molar-refractivity contribution in [3.63, 3.8) is 0 Å². The fraction of sp³-hybridized carbons (Fsp3) is 0.565. The maximum atomic E-state index is 12.4. The molecular weight excluding hydrogens is 366 g/mol. The normalized spacial score (nSPS) is 24.9. The molecule has 1 aromatic carbocycles. The van der Waals surface area contributed by atoms with Crippen LogP contribution in [0.5, 0.6) is 0 Å². The van der Waals surface area contributed by atoms with E-state index in [4.69, 9.17) is 0 Å². The van der Waals surface area contributed by atoms with Crippen LogP contribution in [0.25, 0.3) is 5.57 Å². The largest absolute Gasteiger partial charge is 0.394 e. The van der Waals surface area contributed by atoms with Gasteiger partial charge < -0.3 is 20.2 Å². The number of urea groups is 1. The standard InChI is InChI=1S/C23H31N3O3/c1-15(2)24-22(29)25-13-23(14-25)21(20(12-27)26(23)16(3)28)19-10-8-18(9-11-19)17-6-4-5-7-17/h6,8-11,15,20-21,27H,4-5,7,12-14H2,1-3H3,(H,24,29)/t20-,21+/m1/s1. The van der Waals surface area contributed by atoms with E-state index < -0.39 is 5.54 Å². The number of hydrogen-bond donors (Lipinski definition) is 2. The minimum Gasteiger partial charge on any atom is -0.394 e. The molecule has 1 aromatic rings. The molecule has 0 bridgehead atoms. The first-order valence-electron chi connectivity index (χ1n) is 10.6. The summed E-state index contributed by atoms with van der Waals surface area (Å²) in [4.78, 5) is 28.3. The number of likely N-dealkylation sites (tertiary alicyclic amines) is 2. The zero-order chi connectivity index (χ0) is 20.8. The molecule has 2 aliphatic heterocycles. The number of carbonyl (C=O) groups excluding carboxylic acids is 2. The van der Waals surface area contributed by atoms with Crippen LogP contribution in [0.3, 0.4) is 0 Å². The van der Waals surface area contributed by atoms with Crippen molar-refractivity contribution < 1.29 is 14.7 Å². The fourth-order valence-corrected chi connectivity index (χ4v) is 5.45. The van der Waals surface area contributed by atoms with E-state index in [1.54, 1.807) is 16.7 Å². The van der Waals surface area contributed by atoms with E-state index in [-0.39, 0.29) is 36.5 Å². The number of aliphatic hydroxyl groups excluding tert-OH is 1. The van der Waals surface area contributed by atoms with Crippen LogP contribution in [0, 0.1) is 0 Å². The van der Waals surface area contributed by atoms with Crippen molar-refractivity contribution in [2.24, 2.45) is 0 Å². The van der Waals surface area contributed by atoms with Gasteiger partial charge in [0.15, 0.2) is 0 Å². The summed E-state index contributed by atoms with van der Waals surface area (Å²) < 4.78 is 0. The third-order valence-corrected chi connectivity index (χ3v) is 6.61. The maximum Gasteiger partial charge on any atom is 0.317 e. The highest BCUT2D eigenvalue weighted by Gasteiger charge is 2.67. The Morgan fingerprint density at radius 1 is 1.24 bits per heavy atom. The minimum atomic E-state index is -0.415. The molecule has 4 rings (SSSR count). The molecule has 2 atom stereocenters. The molecule has 6 heteroatoms. The van der Waals surface area contributed by atoms with E-state index in [0.29, 0.717) is 13.1 Å². The number of carbonyl (C=O) groups is 2. The first kappa shape index (κ1) is 20.0. The van der Waals surface area contributed by atoms with Gasteiger partial charge in [0.25, 0.3) is 0 Å².